The first kappa shape index (κ1) is 20.4. The van der Waals surface area contributed by atoms with Crippen LogP contribution in [0, 0.1) is 5.82 Å². The van der Waals surface area contributed by atoms with Gasteiger partial charge in [-0.1, -0.05) is 0 Å². The van der Waals surface area contributed by atoms with Gasteiger partial charge in [0.25, 0.3) is 0 Å². The normalized spacial score (nSPS) is 27.0. The Kier molecular flexibility index (Phi) is 4.78. The van der Waals surface area contributed by atoms with E-state index in [0.717, 1.165) is 44.1 Å². The van der Waals surface area contributed by atoms with E-state index in [0.29, 0.717) is 17.5 Å². The number of aromatic nitrogens is 2. The zero-order chi connectivity index (χ0) is 21.1. The Morgan fingerprint density at radius 3 is 2.53 bits per heavy atom. The van der Waals surface area contributed by atoms with Gasteiger partial charge in [-0.15, -0.1) is 0 Å². The van der Waals surface area contributed by atoms with Crippen molar-refractivity contribution in [2.24, 2.45) is 0 Å². The molecule has 1 saturated carbocycles. The maximum atomic E-state index is 14.9. The molecule has 8 heteroatoms. The maximum absolute atomic E-state index is 14.9. The van der Waals surface area contributed by atoms with E-state index >= 15 is 0 Å². The van der Waals surface area contributed by atoms with Crippen LogP contribution in [0.5, 0.6) is 0 Å². The number of halogens is 1. The molecule has 2 saturated heterocycles. The first-order valence-corrected chi connectivity index (χ1v) is 11.0. The summed E-state index contributed by atoms with van der Waals surface area (Å²) in [5, 5.41) is 5.46. The van der Waals surface area contributed by atoms with Crippen molar-refractivity contribution < 1.29 is 23.2 Å². The van der Waals surface area contributed by atoms with Gasteiger partial charge < -0.3 is 18.8 Å². The fourth-order valence-corrected chi connectivity index (χ4v) is 4.18. The summed E-state index contributed by atoms with van der Waals surface area (Å²) in [6.07, 6.45) is 7.04. The highest BCUT2D eigenvalue weighted by molar-refractivity contribution is 6.62. The predicted molar refractivity (Wildman–Crippen MR) is 112 cm³/mol. The first-order valence-electron chi connectivity index (χ1n) is 11.0. The van der Waals surface area contributed by atoms with Gasteiger partial charge in [0.1, 0.15) is 5.82 Å². The number of nitrogens with zero attached hydrogens (tertiary/aromatic N) is 2. The molecule has 5 rings (SSSR count). The van der Waals surface area contributed by atoms with Gasteiger partial charge in [-0.3, -0.25) is 4.68 Å². The van der Waals surface area contributed by atoms with Crippen LogP contribution < -0.4 is 5.46 Å². The second kappa shape index (κ2) is 7.02. The zero-order valence-corrected chi connectivity index (χ0v) is 18.2. The second-order valence-corrected chi connectivity index (χ2v) is 9.94. The van der Waals surface area contributed by atoms with Crippen LogP contribution in [0.3, 0.4) is 0 Å². The lowest BCUT2D eigenvalue weighted by Crippen LogP contribution is -2.41. The standard InChI is InChI=1S/C22H30BFN2O4/c1-20(2)21(3,4)30-23(29-20)16-11-15-13-26(25-18(15)12-17(16)24)14-22(8-9-22)28-19-7-5-6-10-27-19/h11-13,19H,5-10,14H2,1-4H3. The number of fused-ring (bicyclic) bond motifs is 1. The average Bonchev–Trinajstić information content (AvgIpc) is 3.23. The summed E-state index contributed by atoms with van der Waals surface area (Å²) in [7, 11) is -0.732. The molecule has 2 aliphatic heterocycles. The van der Waals surface area contributed by atoms with Crippen molar-refractivity contribution in [3.63, 3.8) is 0 Å². The summed E-state index contributed by atoms with van der Waals surface area (Å²) < 4.78 is 40.8. The van der Waals surface area contributed by atoms with E-state index in [4.69, 9.17) is 18.8 Å². The molecule has 1 aliphatic carbocycles. The number of hydrogen-bond acceptors (Lipinski definition) is 5. The van der Waals surface area contributed by atoms with Crippen LogP contribution in [-0.4, -0.2) is 46.6 Å². The fourth-order valence-electron chi connectivity index (χ4n) is 4.18. The zero-order valence-electron chi connectivity index (χ0n) is 18.2. The number of rotatable bonds is 5. The van der Waals surface area contributed by atoms with E-state index in [1.165, 1.54) is 6.07 Å². The molecule has 0 spiro atoms. The Bertz CT molecular complexity index is 934. The summed E-state index contributed by atoms with van der Waals surface area (Å²) in [6.45, 7) is 9.28. The van der Waals surface area contributed by atoms with Gasteiger partial charge in [0.15, 0.2) is 6.29 Å². The fraction of sp³-hybridized carbons (Fsp3) is 0.682. The van der Waals surface area contributed by atoms with E-state index < -0.39 is 18.3 Å². The quantitative estimate of drug-likeness (QED) is 0.698. The molecule has 3 fully saturated rings. The van der Waals surface area contributed by atoms with Crippen molar-refractivity contribution in [1.29, 1.82) is 0 Å². The Hall–Kier alpha value is -1.48. The summed E-state index contributed by atoms with van der Waals surface area (Å²) in [5.74, 6) is -0.362. The summed E-state index contributed by atoms with van der Waals surface area (Å²) in [5.41, 5.74) is -0.205. The highest BCUT2D eigenvalue weighted by Gasteiger charge is 2.52. The highest BCUT2D eigenvalue weighted by Crippen LogP contribution is 2.43. The second-order valence-electron chi connectivity index (χ2n) is 9.94. The third kappa shape index (κ3) is 3.68. The topological polar surface area (TPSA) is 54.7 Å². The molecule has 6 nitrogen and oxygen atoms in total. The van der Waals surface area contributed by atoms with Gasteiger partial charge in [0.2, 0.25) is 0 Å². The predicted octanol–water partition coefficient (Wildman–Crippen LogP) is 3.55. The van der Waals surface area contributed by atoms with Crippen LogP contribution in [0.4, 0.5) is 4.39 Å². The molecule has 3 heterocycles. The van der Waals surface area contributed by atoms with Crippen molar-refractivity contribution in [3.8, 4) is 0 Å². The van der Waals surface area contributed by atoms with E-state index in [-0.39, 0.29) is 17.7 Å². The van der Waals surface area contributed by atoms with Crippen LogP contribution in [-0.2, 0) is 25.3 Å². The molecule has 1 unspecified atom stereocenters. The molecule has 3 aliphatic rings. The minimum atomic E-state index is -0.732. The highest BCUT2D eigenvalue weighted by atomic mass is 19.1. The molecule has 162 valence electrons. The van der Waals surface area contributed by atoms with E-state index in [1.807, 2.05) is 38.6 Å². The lowest BCUT2D eigenvalue weighted by Gasteiger charge is -2.32. The van der Waals surface area contributed by atoms with Crippen LogP contribution in [0.25, 0.3) is 10.9 Å². The molecule has 0 N–H and O–H groups in total. The van der Waals surface area contributed by atoms with Crippen molar-refractivity contribution in [2.45, 2.75) is 89.4 Å². The Morgan fingerprint density at radius 1 is 1.17 bits per heavy atom. The van der Waals surface area contributed by atoms with Gasteiger partial charge in [-0.25, -0.2) is 4.39 Å². The van der Waals surface area contributed by atoms with E-state index in [2.05, 4.69) is 5.10 Å². The van der Waals surface area contributed by atoms with E-state index in [9.17, 15) is 4.39 Å². The Balaban J connectivity index is 1.35. The molecule has 1 aromatic carbocycles. The molecule has 0 bridgehead atoms. The molecule has 0 radical (unpaired) electrons. The maximum Gasteiger partial charge on any atom is 0.497 e. The van der Waals surface area contributed by atoms with Crippen molar-refractivity contribution >= 4 is 23.5 Å². The van der Waals surface area contributed by atoms with Crippen LogP contribution >= 0.6 is 0 Å². The summed E-state index contributed by atoms with van der Waals surface area (Å²) in [4.78, 5) is 0. The summed E-state index contributed by atoms with van der Waals surface area (Å²) in [6, 6.07) is 3.26. The third-order valence-corrected chi connectivity index (χ3v) is 6.95. The van der Waals surface area contributed by atoms with Gasteiger partial charge in [0, 0.05) is 29.7 Å². The van der Waals surface area contributed by atoms with Gasteiger partial charge in [-0.2, -0.15) is 5.10 Å². The Labute approximate surface area is 177 Å². The molecule has 1 atom stereocenters. The van der Waals surface area contributed by atoms with Crippen LogP contribution in [0.15, 0.2) is 18.3 Å². The monoisotopic (exact) mass is 416 g/mol. The largest absolute Gasteiger partial charge is 0.497 e. The lowest BCUT2D eigenvalue weighted by atomic mass is 9.78. The minimum absolute atomic E-state index is 0.112. The molecule has 0 amide bonds. The average molecular weight is 416 g/mol. The van der Waals surface area contributed by atoms with E-state index in [1.54, 1.807) is 6.07 Å². The SMILES string of the molecule is CC1(C)OB(c2cc3cn(CC4(OC5CCCCO5)CC4)nc3cc2F)OC1(C)C. The number of hydrogen-bond donors (Lipinski definition) is 0. The molecular formula is C22H30BFN2O4. The minimum Gasteiger partial charge on any atom is -0.399 e. The van der Waals surface area contributed by atoms with Crippen molar-refractivity contribution in [1.82, 2.24) is 9.78 Å². The molecular weight excluding hydrogens is 386 g/mol. The van der Waals surface area contributed by atoms with Gasteiger partial charge in [0.05, 0.1) is 28.9 Å². The number of ether oxygens (including phenoxy) is 2. The van der Waals surface area contributed by atoms with Crippen molar-refractivity contribution in [2.75, 3.05) is 6.61 Å². The third-order valence-electron chi connectivity index (χ3n) is 6.95. The van der Waals surface area contributed by atoms with Gasteiger partial charge >= 0.3 is 7.12 Å². The Morgan fingerprint density at radius 2 is 1.90 bits per heavy atom. The van der Waals surface area contributed by atoms with Gasteiger partial charge in [-0.05, 0) is 65.9 Å². The molecule has 30 heavy (non-hydrogen) atoms. The van der Waals surface area contributed by atoms with Crippen molar-refractivity contribution in [3.05, 3.63) is 24.1 Å². The van der Waals surface area contributed by atoms with Crippen LogP contribution in [0.1, 0.15) is 59.8 Å². The molecule has 1 aromatic heterocycles. The smallest absolute Gasteiger partial charge is 0.399 e. The lowest BCUT2D eigenvalue weighted by molar-refractivity contribution is -0.200. The number of benzene rings is 1. The van der Waals surface area contributed by atoms with Crippen LogP contribution in [0.2, 0.25) is 0 Å². The summed E-state index contributed by atoms with van der Waals surface area (Å²) >= 11 is 0. The molecule has 2 aromatic rings. The first-order chi connectivity index (χ1) is 14.2.